The molecule has 26 heavy (non-hydrogen) atoms. The van der Waals surface area contributed by atoms with Crippen molar-refractivity contribution >= 4 is 59.5 Å². The quantitative estimate of drug-likeness (QED) is 0.406. The summed E-state index contributed by atoms with van der Waals surface area (Å²) in [7, 11) is 0. The third-order valence-electron chi connectivity index (χ3n) is 4.17. The van der Waals surface area contributed by atoms with Crippen molar-refractivity contribution in [3.63, 3.8) is 0 Å². The predicted molar refractivity (Wildman–Crippen MR) is 114 cm³/mol. The highest BCUT2D eigenvalue weighted by atomic mass is 79.9. The molecule has 6 heteroatoms. The first-order valence-electron chi connectivity index (χ1n) is 8.33. The maximum atomic E-state index is 6.28. The summed E-state index contributed by atoms with van der Waals surface area (Å²) in [4.78, 5) is 10.6. The van der Waals surface area contributed by atoms with Gasteiger partial charge in [-0.1, -0.05) is 37.9 Å². The summed E-state index contributed by atoms with van der Waals surface area (Å²) < 4.78 is 4.02. The maximum absolute atomic E-state index is 6.28. The first kappa shape index (κ1) is 17.4. The first-order chi connectivity index (χ1) is 12.6. The molecule has 4 nitrogen and oxygen atoms in total. The monoisotopic (exact) mass is 473 g/mol. The van der Waals surface area contributed by atoms with E-state index >= 15 is 0 Å². The number of fused-ring (bicyclic) bond motifs is 3. The molecular weight excluding hydrogens is 458 g/mol. The molecule has 2 aromatic heterocycles. The van der Waals surface area contributed by atoms with Gasteiger partial charge in [-0.05, 0) is 55.5 Å². The van der Waals surface area contributed by atoms with Gasteiger partial charge in [0.15, 0.2) is 0 Å². The van der Waals surface area contributed by atoms with Crippen LogP contribution >= 0.6 is 31.9 Å². The van der Waals surface area contributed by atoms with Gasteiger partial charge in [-0.2, -0.15) is 4.73 Å². The molecule has 1 N–H and O–H groups in total. The molecule has 0 radical (unpaired) electrons. The lowest BCUT2D eigenvalue weighted by Crippen LogP contribution is -2.29. The van der Waals surface area contributed by atoms with Crippen LogP contribution < -0.4 is 10.2 Å². The molecule has 0 spiro atoms. The van der Waals surface area contributed by atoms with E-state index in [4.69, 9.17) is 4.84 Å². The molecular formula is C20H17Br2N3O. The van der Waals surface area contributed by atoms with Gasteiger partial charge in [0, 0.05) is 25.9 Å². The van der Waals surface area contributed by atoms with E-state index in [9.17, 15) is 0 Å². The molecule has 0 amide bonds. The summed E-state index contributed by atoms with van der Waals surface area (Å²) in [6, 6.07) is 18.3. The predicted octanol–water partition coefficient (Wildman–Crippen LogP) is 5.64. The van der Waals surface area contributed by atoms with Crippen LogP contribution in [0.1, 0.15) is 6.92 Å². The number of aromatic nitrogens is 2. The van der Waals surface area contributed by atoms with Gasteiger partial charge in [-0.3, -0.25) is 0 Å². The zero-order valence-corrected chi connectivity index (χ0v) is 17.3. The fourth-order valence-corrected chi connectivity index (χ4v) is 3.70. The van der Waals surface area contributed by atoms with Gasteiger partial charge >= 0.3 is 0 Å². The van der Waals surface area contributed by atoms with Crippen LogP contribution in [0.2, 0.25) is 0 Å². The van der Waals surface area contributed by atoms with E-state index in [1.807, 2.05) is 42.0 Å². The Balaban J connectivity index is 1.66. The lowest BCUT2D eigenvalue weighted by Gasteiger charge is -2.17. The second-order valence-electron chi connectivity index (χ2n) is 6.13. The van der Waals surface area contributed by atoms with Crippen molar-refractivity contribution < 1.29 is 4.84 Å². The number of nitrogens with zero attached hydrogens (tertiary/aromatic N) is 2. The fourth-order valence-electron chi connectivity index (χ4n) is 2.98. The van der Waals surface area contributed by atoms with E-state index in [-0.39, 0.29) is 6.10 Å². The zero-order valence-electron chi connectivity index (χ0n) is 14.1. The van der Waals surface area contributed by atoms with Crippen LogP contribution in [-0.2, 0) is 0 Å². The number of pyridine rings is 1. The average molecular weight is 475 g/mol. The van der Waals surface area contributed by atoms with Crippen molar-refractivity contribution in [3.05, 3.63) is 69.7 Å². The Morgan fingerprint density at radius 2 is 1.65 bits per heavy atom. The highest BCUT2D eigenvalue weighted by Gasteiger charge is 2.14. The Bertz CT molecular complexity index is 1000. The van der Waals surface area contributed by atoms with Crippen LogP contribution in [0.25, 0.3) is 21.8 Å². The number of anilines is 1. The van der Waals surface area contributed by atoms with E-state index in [1.165, 1.54) is 0 Å². The highest BCUT2D eigenvalue weighted by Crippen LogP contribution is 2.32. The molecule has 2 heterocycles. The summed E-state index contributed by atoms with van der Waals surface area (Å²) in [5.41, 5.74) is 2.09. The van der Waals surface area contributed by atoms with E-state index in [2.05, 4.69) is 66.4 Å². The van der Waals surface area contributed by atoms with Gasteiger partial charge in [0.1, 0.15) is 11.9 Å². The normalized spacial score (nSPS) is 12.4. The van der Waals surface area contributed by atoms with Crippen molar-refractivity contribution in [2.75, 3.05) is 11.9 Å². The molecule has 4 aromatic rings. The maximum Gasteiger partial charge on any atom is 0.139 e. The topological polar surface area (TPSA) is 39.1 Å². The largest absolute Gasteiger partial charge is 0.408 e. The molecule has 4 rings (SSSR count). The van der Waals surface area contributed by atoms with Crippen LogP contribution in [0.5, 0.6) is 0 Å². The van der Waals surface area contributed by atoms with Crippen molar-refractivity contribution in [2.24, 2.45) is 0 Å². The van der Waals surface area contributed by atoms with Gasteiger partial charge in [-0.15, -0.1) is 0 Å². The average Bonchev–Trinajstić information content (AvgIpc) is 2.93. The van der Waals surface area contributed by atoms with Crippen molar-refractivity contribution in [1.82, 2.24) is 9.71 Å². The number of halogens is 2. The van der Waals surface area contributed by atoms with Crippen LogP contribution in [0.4, 0.5) is 5.82 Å². The number of hydrogen-bond acceptors (Lipinski definition) is 3. The van der Waals surface area contributed by atoms with Gasteiger partial charge in [-0.25, -0.2) is 4.98 Å². The summed E-state index contributed by atoms with van der Waals surface area (Å²) in [5, 5.41) is 5.61. The van der Waals surface area contributed by atoms with E-state index in [0.29, 0.717) is 6.54 Å². The van der Waals surface area contributed by atoms with E-state index < -0.39 is 0 Å². The Hall–Kier alpha value is -2.05. The number of rotatable bonds is 5. The van der Waals surface area contributed by atoms with Gasteiger partial charge in [0.25, 0.3) is 0 Å². The van der Waals surface area contributed by atoms with Crippen molar-refractivity contribution in [1.29, 1.82) is 0 Å². The molecule has 0 aliphatic rings. The van der Waals surface area contributed by atoms with Crippen molar-refractivity contribution in [2.45, 2.75) is 13.0 Å². The summed E-state index contributed by atoms with van der Waals surface area (Å²) in [6.45, 7) is 2.70. The lowest BCUT2D eigenvalue weighted by molar-refractivity contribution is 0.0727. The zero-order chi connectivity index (χ0) is 18.1. The molecule has 0 saturated heterocycles. The summed E-state index contributed by atoms with van der Waals surface area (Å²) in [5.74, 6) is 0.845. The van der Waals surface area contributed by atoms with Gasteiger partial charge in [0.05, 0.1) is 17.6 Å². The molecule has 0 aliphatic heterocycles. The molecule has 0 aliphatic carbocycles. The second kappa shape index (κ2) is 7.29. The molecule has 1 unspecified atom stereocenters. The molecule has 0 fully saturated rings. The van der Waals surface area contributed by atoms with Gasteiger partial charge < -0.3 is 10.2 Å². The molecule has 0 saturated carbocycles. The third kappa shape index (κ3) is 3.44. The minimum atomic E-state index is -0.0388. The Morgan fingerprint density at radius 3 is 2.23 bits per heavy atom. The van der Waals surface area contributed by atoms with Crippen LogP contribution in [0, 0.1) is 0 Å². The van der Waals surface area contributed by atoms with Crippen LogP contribution in [0.15, 0.2) is 69.7 Å². The standard InChI is InChI=1S/C20H17Br2N3O/c1-13(12-24-20-4-2-3-9-23-20)26-25-18-7-5-14(21)10-16(18)17-11-15(22)6-8-19(17)25/h2-11,13H,12H2,1H3,(H,23,24). The van der Waals surface area contributed by atoms with Crippen LogP contribution in [-0.4, -0.2) is 22.4 Å². The SMILES string of the molecule is CC(CNc1ccccn1)On1c2ccc(Br)cc2c2cc(Br)ccc21. The second-order valence-corrected chi connectivity index (χ2v) is 7.96. The fraction of sp³-hybridized carbons (Fsp3) is 0.150. The number of nitrogens with one attached hydrogen (secondary N) is 1. The first-order valence-corrected chi connectivity index (χ1v) is 9.92. The van der Waals surface area contributed by atoms with Crippen molar-refractivity contribution in [3.8, 4) is 0 Å². The van der Waals surface area contributed by atoms with Gasteiger partial charge in [0.2, 0.25) is 0 Å². The van der Waals surface area contributed by atoms with E-state index in [1.54, 1.807) is 6.20 Å². The highest BCUT2D eigenvalue weighted by molar-refractivity contribution is 9.10. The molecule has 132 valence electrons. The smallest absolute Gasteiger partial charge is 0.139 e. The van der Waals surface area contributed by atoms with Crippen LogP contribution in [0.3, 0.4) is 0 Å². The minimum absolute atomic E-state index is 0.0388. The Labute approximate surface area is 168 Å². The van der Waals surface area contributed by atoms with E-state index in [0.717, 1.165) is 36.6 Å². The summed E-state index contributed by atoms with van der Waals surface area (Å²) in [6.07, 6.45) is 1.74. The number of benzene rings is 2. The lowest BCUT2D eigenvalue weighted by atomic mass is 10.2. The molecule has 2 aromatic carbocycles. The molecule has 1 atom stereocenters. The number of hydrogen-bond donors (Lipinski definition) is 1. The Morgan fingerprint density at radius 1 is 1.00 bits per heavy atom. The third-order valence-corrected chi connectivity index (χ3v) is 5.15. The molecule has 0 bridgehead atoms. The summed E-state index contributed by atoms with van der Waals surface area (Å²) >= 11 is 7.14. The Kier molecular flexibility index (Phi) is 4.87. The minimum Gasteiger partial charge on any atom is -0.408 e.